The Labute approximate surface area is 175 Å². The van der Waals surface area contributed by atoms with Gasteiger partial charge in [-0.1, -0.05) is 12.1 Å². The fraction of sp³-hybridized carbons (Fsp3) is 0.211. The molecule has 1 N–H and O–H groups in total. The molecule has 1 aliphatic heterocycles. The van der Waals surface area contributed by atoms with Crippen molar-refractivity contribution in [2.45, 2.75) is 18.0 Å². The minimum atomic E-state index is -0.787. The number of hydrogen-bond donors (Lipinski definition) is 1. The topological polar surface area (TPSA) is 120 Å². The molecule has 0 spiro atoms. The van der Waals surface area contributed by atoms with E-state index in [9.17, 15) is 19.7 Å². The van der Waals surface area contributed by atoms with Gasteiger partial charge in [0.25, 0.3) is 17.5 Å². The van der Waals surface area contributed by atoms with Crippen LogP contribution in [0.1, 0.15) is 11.6 Å². The van der Waals surface area contributed by atoms with Crippen LogP contribution in [0.2, 0.25) is 0 Å². The van der Waals surface area contributed by atoms with Crippen LogP contribution in [0.4, 0.5) is 5.69 Å². The van der Waals surface area contributed by atoms with Crippen LogP contribution in [-0.2, 0) is 16.1 Å². The molecule has 11 heteroatoms. The van der Waals surface area contributed by atoms with Crippen LogP contribution < -0.4 is 10.2 Å². The van der Waals surface area contributed by atoms with E-state index in [1.54, 1.807) is 31.4 Å². The number of halogens is 1. The highest BCUT2D eigenvalue weighted by molar-refractivity contribution is 6.33. The zero-order valence-corrected chi connectivity index (χ0v) is 16.4. The number of ether oxygens (including phenoxy) is 1. The number of carbonyl (C=O) groups excluding carboxylic acids is 2. The molecule has 1 aromatic heterocycles. The average Bonchev–Trinajstić information content (AvgIpc) is 3.15. The van der Waals surface area contributed by atoms with E-state index in [1.165, 1.54) is 34.1 Å². The molecule has 2 atom stereocenters. The lowest BCUT2D eigenvalue weighted by molar-refractivity contribution is -0.384. The second-order valence-electron chi connectivity index (χ2n) is 6.67. The number of rotatable bonds is 6. The van der Waals surface area contributed by atoms with Gasteiger partial charge in [0.1, 0.15) is 23.7 Å². The van der Waals surface area contributed by atoms with Crippen LogP contribution in [0.15, 0.2) is 48.7 Å². The van der Waals surface area contributed by atoms with Crippen molar-refractivity contribution in [3.8, 4) is 5.75 Å². The molecule has 154 valence electrons. The number of fused-ring (bicyclic) bond motifs is 1. The first-order valence-electron chi connectivity index (χ1n) is 8.89. The maximum absolute atomic E-state index is 12.5. The molecule has 1 fully saturated rings. The van der Waals surface area contributed by atoms with Crippen molar-refractivity contribution in [3.63, 3.8) is 0 Å². The Morgan fingerprint density at radius 1 is 1.30 bits per heavy atom. The molecule has 0 aliphatic carbocycles. The highest BCUT2D eigenvalue weighted by atomic mass is 35.5. The largest absolute Gasteiger partial charge is 0.497 e. The molecule has 2 aromatic carbocycles. The summed E-state index contributed by atoms with van der Waals surface area (Å²) in [6.45, 7) is -0.173. The van der Waals surface area contributed by atoms with Crippen molar-refractivity contribution < 1.29 is 19.2 Å². The van der Waals surface area contributed by atoms with Crippen molar-refractivity contribution in [1.82, 2.24) is 20.2 Å². The van der Waals surface area contributed by atoms with Gasteiger partial charge in [-0.25, -0.2) is 5.01 Å². The van der Waals surface area contributed by atoms with Crippen LogP contribution in [0, 0.1) is 10.1 Å². The zero-order chi connectivity index (χ0) is 21.4. The summed E-state index contributed by atoms with van der Waals surface area (Å²) in [6.07, 6.45) is 1.44. The van der Waals surface area contributed by atoms with Crippen LogP contribution in [0.3, 0.4) is 0 Å². The van der Waals surface area contributed by atoms with Gasteiger partial charge in [0.05, 0.1) is 23.7 Å². The van der Waals surface area contributed by atoms with Crippen LogP contribution in [0.5, 0.6) is 5.75 Å². The van der Waals surface area contributed by atoms with Gasteiger partial charge >= 0.3 is 0 Å². The number of carbonyl (C=O) groups is 2. The maximum atomic E-state index is 12.5. The number of nitrogens with zero attached hydrogens (tertiary/aromatic N) is 4. The number of nitrogens with one attached hydrogen (secondary N) is 1. The second-order valence-corrected chi connectivity index (χ2v) is 7.14. The second kappa shape index (κ2) is 7.64. The van der Waals surface area contributed by atoms with E-state index in [2.05, 4.69) is 10.5 Å². The molecule has 10 nitrogen and oxygen atoms in total. The Balaban J connectivity index is 1.48. The average molecular weight is 430 g/mol. The van der Waals surface area contributed by atoms with Crippen molar-refractivity contribution >= 4 is 40.0 Å². The molecule has 3 aromatic rings. The lowest BCUT2D eigenvalue weighted by atomic mass is 9.95. The summed E-state index contributed by atoms with van der Waals surface area (Å²) >= 11 is 6.17. The Morgan fingerprint density at radius 2 is 2.03 bits per heavy atom. The SMILES string of the molecule is COc1ccc(C2C(Cl)C(=O)N2NC(=O)Cn2ncc3cc([N+](=O)[O-])ccc32)cc1. The number of non-ortho nitro benzene ring substituents is 1. The smallest absolute Gasteiger partial charge is 0.270 e. The number of nitro benzene ring substituents is 1. The summed E-state index contributed by atoms with van der Waals surface area (Å²) in [7, 11) is 1.55. The molecule has 1 aliphatic rings. The molecule has 4 rings (SSSR count). The van der Waals surface area contributed by atoms with Gasteiger partial charge in [-0.15, -0.1) is 11.6 Å². The summed E-state index contributed by atoms with van der Waals surface area (Å²) in [4.78, 5) is 35.1. The van der Waals surface area contributed by atoms with E-state index in [-0.39, 0.29) is 12.2 Å². The van der Waals surface area contributed by atoms with Crippen molar-refractivity contribution in [2.24, 2.45) is 0 Å². The Morgan fingerprint density at radius 3 is 2.70 bits per heavy atom. The molecule has 0 bridgehead atoms. The Hall–Kier alpha value is -3.66. The number of aromatic nitrogens is 2. The number of hydrogen-bond acceptors (Lipinski definition) is 6. The van der Waals surface area contributed by atoms with Gasteiger partial charge in [-0.2, -0.15) is 5.10 Å². The van der Waals surface area contributed by atoms with Crippen molar-refractivity contribution in [1.29, 1.82) is 0 Å². The molecular formula is C19H16ClN5O5. The third-order valence-corrected chi connectivity index (χ3v) is 5.29. The van der Waals surface area contributed by atoms with E-state index in [1.807, 2.05) is 0 Å². The van der Waals surface area contributed by atoms with Gasteiger partial charge in [-0.05, 0) is 23.8 Å². The lowest BCUT2D eigenvalue weighted by Crippen LogP contribution is -2.63. The van der Waals surface area contributed by atoms with E-state index in [4.69, 9.17) is 16.3 Å². The predicted molar refractivity (Wildman–Crippen MR) is 107 cm³/mol. The minimum absolute atomic E-state index is 0.0619. The monoisotopic (exact) mass is 429 g/mol. The van der Waals surface area contributed by atoms with Gasteiger partial charge < -0.3 is 4.74 Å². The van der Waals surface area contributed by atoms with E-state index >= 15 is 0 Å². The number of hydrazine groups is 1. The minimum Gasteiger partial charge on any atom is -0.497 e. The first-order chi connectivity index (χ1) is 14.4. The number of methoxy groups -OCH3 is 1. The van der Waals surface area contributed by atoms with Crippen LogP contribution in [-0.4, -0.2) is 44.0 Å². The predicted octanol–water partition coefficient (Wildman–Crippen LogP) is 2.18. The highest BCUT2D eigenvalue weighted by Crippen LogP contribution is 2.37. The molecule has 0 saturated carbocycles. The summed E-state index contributed by atoms with van der Waals surface area (Å²) in [5.74, 6) is -0.225. The maximum Gasteiger partial charge on any atom is 0.270 e. The fourth-order valence-corrected chi connectivity index (χ4v) is 3.68. The molecule has 2 heterocycles. The number of benzene rings is 2. The Kier molecular flexibility index (Phi) is 5.00. The molecule has 1 saturated heterocycles. The van der Waals surface area contributed by atoms with Gasteiger partial charge in [0.15, 0.2) is 0 Å². The lowest BCUT2D eigenvalue weighted by Gasteiger charge is -2.43. The quantitative estimate of drug-likeness (QED) is 0.277. The third-order valence-electron chi connectivity index (χ3n) is 4.86. The number of nitro groups is 1. The first kappa shape index (κ1) is 19.6. The third kappa shape index (κ3) is 3.41. The van der Waals surface area contributed by atoms with Gasteiger partial charge in [0, 0.05) is 17.5 Å². The molecule has 2 amide bonds. The first-order valence-corrected chi connectivity index (χ1v) is 9.33. The van der Waals surface area contributed by atoms with Crippen LogP contribution >= 0.6 is 11.6 Å². The number of alkyl halides is 1. The van der Waals surface area contributed by atoms with E-state index < -0.39 is 28.2 Å². The van der Waals surface area contributed by atoms with Gasteiger partial charge in [-0.3, -0.25) is 29.8 Å². The van der Waals surface area contributed by atoms with Crippen LogP contribution in [0.25, 0.3) is 10.9 Å². The highest BCUT2D eigenvalue weighted by Gasteiger charge is 2.48. The molecule has 0 radical (unpaired) electrons. The summed E-state index contributed by atoms with van der Waals surface area (Å²) < 4.78 is 6.53. The normalized spacial score (nSPS) is 18.2. The summed E-state index contributed by atoms with van der Waals surface area (Å²) in [6, 6.07) is 10.8. The molecule has 2 unspecified atom stereocenters. The fourth-order valence-electron chi connectivity index (χ4n) is 3.32. The van der Waals surface area contributed by atoms with E-state index in [0.29, 0.717) is 16.7 Å². The van der Waals surface area contributed by atoms with Gasteiger partial charge in [0.2, 0.25) is 0 Å². The summed E-state index contributed by atoms with van der Waals surface area (Å²) in [5, 5.41) is 15.9. The zero-order valence-electron chi connectivity index (χ0n) is 15.7. The Bertz CT molecular complexity index is 1150. The standard InChI is InChI=1S/C19H16ClN5O5/c1-30-14-5-2-11(3-6-14)18-17(20)19(27)24(18)22-16(26)10-23-15-7-4-13(25(28)29)8-12(15)9-21-23/h2-9,17-18H,10H2,1H3,(H,22,26). The number of β-lactam (4-membered cyclic amide) rings is 1. The molecule has 30 heavy (non-hydrogen) atoms. The van der Waals surface area contributed by atoms with Crippen molar-refractivity contribution in [2.75, 3.05) is 7.11 Å². The van der Waals surface area contributed by atoms with Crippen molar-refractivity contribution in [3.05, 3.63) is 64.3 Å². The van der Waals surface area contributed by atoms with E-state index in [0.717, 1.165) is 5.56 Å². The summed E-state index contributed by atoms with van der Waals surface area (Å²) in [5.41, 5.74) is 3.82. The number of amides is 2. The molecular weight excluding hydrogens is 414 g/mol.